The second kappa shape index (κ2) is 7.30. The summed E-state index contributed by atoms with van der Waals surface area (Å²) in [6.45, 7) is 4.85. The van der Waals surface area contributed by atoms with Gasteiger partial charge in [0, 0.05) is 30.6 Å². The number of nitrogens with one attached hydrogen (secondary N) is 1. The predicted octanol–water partition coefficient (Wildman–Crippen LogP) is 3.36. The minimum atomic E-state index is -0.486. The van der Waals surface area contributed by atoms with Crippen LogP contribution in [0.15, 0.2) is 30.6 Å². The summed E-state index contributed by atoms with van der Waals surface area (Å²) in [7, 11) is 0. The molecule has 3 aliphatic rings. The second-order valence-corrected chi connectivity index (χ2v) is 9.24. The van der Waals surface area contributed by atoms with Gasteiger partial charge >= 0.3 is 0 Å². The summed E-state index contributed by atoms with van der Waals surface area (Å²) in [5.41, 5.74) is 1.57. The van der Waals surface area contributed by atoms with Gasteiger partial charge in [-0.1, -0.05) is 12.1 Å². The number of para-hydroxylation sites is 1. The highest BCUT2D eigenvalue weighted by molar-refractivity contribution is 5.77. The molecule has 0 radical (unpaired) electrons. The lowest BCUT2D eigenvalue weighted by atomic mass is 9.74. The van der Waals surface area contributed by atoms with E-state index in [1.165, 1.54) is 0 Å². The number of fused-ring (bicyclic) bond motifs is 4. The molecule has 5 rings (SSSR count). The molecule has 7 heteroatoms. The minimum absolute atomic E-state index is 0.0353. The van der Waals surface area contributed by atoms with E-state index in [0.29, 0.717) is 12.2 Å². The first-order valence-corrected chi connectivity index (χ1v) is 10.9. The third-order valence-corrected chi connectivity index (χ3v) is 6.99. The molecule has 0 bridgehead atoms. The molecule has 0 saturated carbocycles. The molecule has 1 aromatic carbocycles. The number of phenolic OH excluding ortho intramolecular Hbond substituents is 1. The van der Waals surface area contributed by atoms with Crippen molar-refractivity contribution in [1.82, 2.24) is 15.1 Å². The van der Waals surface area contributed by atoms with Crippen molar-refractivity contribution < 1.29 is 19.4 Å². The number of hydrogen-bond acceptors (Lipinski definition) is 5. The molecule has 0 aliphatic carbocycles. The maximum Gasteiger partial charge on any atom is 0.222 e. The quantitative estimate of drug-likeness (QED) is 0.806. The summed E-state index contributed by atoms with van der Waals surface area (Å²) in [6, 6.07) is 5.57. The van der Waals surface area contributed by atoms with Gasteiger partial charge in [0.1, 0.15) is 5.60 Å². The third kappa shape index (κ3) is 3.25. The first-order valence-electron chi connectivity index (χ1n) is 10.9. The molecule has 30 heavy (non-hydrogen) atoms. The highest BCUT2D eigenvalue weighted by Gasteiger charge is 2.54. The lowest BCUT2D eigenvalue weighted by molar-refractivity contribution is -0.168. The van der Waals surface area contributed by atoms with Crippen molar-refractivity contribution in [3.8, 4) is 11.5 Å². The zero-order valence-electron chi connectivity index (χ0n) is 17.5. The molecule has 0 spiro atoms. The van der Waals surface area contributed by atoms with E-state index in [1.54, 1.807) is 6.07 Å². The number of benzene rings is 1. The number of carbonyl (C=O) groups is 1. The van der Waals surface area contributed by atoms with Crippen LogP contribution in [0.25, 0.3) is 0 Å². The van der Waals surface area contributed by atoms with Crippen molar-refractivity contribution in [1.29, 1.82) is 0 Å². The van der Waals surface area contributed by atoms with E-state index in [-0.39, 0.29) is 35.8 Å². The molecular formula is C23H29N3O4. The minimum Gasteiger partial charge on any atom is -0.504 e. The average molecular weight is 412 g/mol. The van der Waals surface area contributed by atoms with E-state index in [4.69, 9.17) is 9.47 Å². The van der Waals surface area contributed by atoms with Crippen LogP contribution in [0, 0.1) is 5.92 Å². The highest BCUT2D eigenvalue weighted by Crippen LogP contribution is 2.54. The fourth-order valence-electron chi connectivity index (χ4n) is 5.40. The Balaban J connectivity index is 1.30. The fraction of sp³-hybridized carbons (Fsp3) is 0.565. The predicted molar refractivity (Wildman–Crippen MR) is 110 cm³/mol. The van der Waals surface area contributed by atoms with Crippen molar-refractivity contribution in [2.45, 2.75) is 69.8 Å². The summed E-state index contributed by atoms with van der Waals surface area (Å²) in [4.78, 5) is 15.0. The Hall–Kier alpha value is -2.54. The van der Waals surface area contributed by atoms with Crippen molar-refractivity contribution in [2.24, 2.45) is 5.92 Å². The van der Waals surface area contributed by atoms with Crippen molar-refractivity contribution in [3.63, 3.8) is 0 Å². The normalized spacial score (nSPS) is 28.9. The summed E-state index contributed by atoms with van der Waals surface area (Å²) < 4.78 is 12.8. The Morgan fingerprint density at radius 1 is 1.40 bits per heavy atom. The van der Waals surface area contributed by atoms with Crippen LogP contribution >= 0.6 is 0 Å². The van der Waals surface area contributed by atoms with Crippen molar-refractivity contribution in [2.75, 3.05) is 6.54 Å². The lowest BCUT2D eigenvalue weighted by Gasteiger charge is -2.50. The molecule has 3 aliphatic heterocycles. The Morgan fingerprint density at radius 3 is 3.07 bits per heavy atom. The summed E-state index contributed by atoms with van der Waals surface area (Å²) in [5.74, 6) is 1.02. The number of phenols is 1. The van der Waals surface area contributed by atoms with Crippen LogP contribution in [-0.4, -0.2) is 50.4 Å². The smallest absolute Gasteiger partial charge is 0.222 e. The Morgan fingerprint density at radius 2 is 2.27 bits per heavy atom. The molecule has 2 aromatic rings. The molecule has 2 saturated heterocycles. The molecule has 4 heterocycles. The molecule has 2 N–H and O–H groups in total. The van der Waals surface area contributed by atoms with Gasteiger partial charge in [-0.25, -0.2) is 0 Å². The molecule has 1 aromatic heterocycles. The van der Waals surface area contributed by atoms with Gasteiger partial charge in [0.25, 0.3) is 0 Å². The van der Waals surface area contributed by atoms with Gasteiger partial charge in [-0.05, 0) is 51.2 Å². The van der Waals surface area contributed by atoms with E-state index < -0.39 is 5.60 Å². The zero-order chi connectivity index (χ0) is 20.9. The van der Waals surface area contributed by atoms with E-state index in [9.17, 15) is 9.90 Å². The topological polar surface area (TPSA) is 87.7 Å². The molecule has 7 nitrogen and oxygen atoms in total. The van der Waals surface area contributed by atoms with Crippen molar-refractivity contribution in [3.05, 3.63) is 41.7 Å². The number of carbonyl (C=O) groups excluding carboxylic acids is 1. The van der Waals surface area contributed by atoms with Crippen LogP contribution in [0.3, 0.4) is 0 Å². The average Bonchev–Trinajstić information content (AvgIpc) is 3.37. The van der Waals surface area contributed by atoms with Crippen LogP contribution < -0.4 is 4.74 Å². The van der Waals surface area contributed by atoms with Gasteiger partial charge in [-0.3, -0.25) is 9.89 Å². The molecule has 160 valence electrons. The number of ether oxygens (including phenoxy) is 2. The zero-order valence-corrected chi connectivity index (χ0v) is 17.5. The van der Waals surface area contributed by atoms with Gasteiger partial charge in [-0.15, -0.1) is 0 Å². The SMILES string of the molecule is CC1(C)Oc2c(O)cccc2[C@@H]2O[C@@H]3CCN(C(=O)CCCc4cn[nH]c4)[C@H]3C[C@H]21. The van der Waals surface area contributed by atoms with E-state index in [2.05, 4.69) is 24.0 Å². The number of hydrogen-bond donors (Lipinski definition) is 2. The van der Waals surface area contributed by atoms with Gasteiger partial charge in [0.2, 0.25) is 5.91 Å². The number of amides is 1. The largest absolute Gasteiger partial charge is 0.504 e. The van der Waals surface area contributed by atoms with E-state index in [0.717, 1.165) is 43.4 Å². The van der Waals surface area contributed by atoms with Crippen molar-refractivity contribution >= 4 is 5.91 Å². The van der Waals surface area contributed by atoms with E-state index in [1.807, 2.05) is 29.4 Å². The van der Waals surface area contributed by atoms with Gasteiger partial charge in [-0.2, -0.15) is 5.10 Å². The standard InChI is InChI=1S/C23H29N3O4/c1-23(2)16-11-17-19(29-21(16)15-6-4-7-18(27)22(15)30-23)9-10-26(17)20(28)8-3-5-14-12-24-25-13-14/h4,6-7,12-13,16-17,19,21,27H,3,5,8-11H2,1-2H3,(H,24,25)/t16-,17+,19-,21+/m1/s1. The van der Waals surface area contributed by atoms with Gasteiger partial charge in [0.15, 0.2) is 11.5 Å². The van der Waals surface area contributed by atoms with Crippen LogP contribution in [0.5, 0.6) is 11.5 Å². The van der Waals surface area contributed by atoms with Crippen LogP contribution in [0.1, 0.15) is 56.8 Å². The Bertz CT molecular complexity index is 927. The van der Waals surface area contributed by atoms with E-state index >= 15 is 0 Å². The maximum absolute atomic E-state index is 13.0. The third-order valence-electron chi connectivity index (χ3n) is 6.99. The number of rotatable bonds is 4. The number of nitrogens with zero attached hydrogens (tertiary/aromatic N) is 2. The molecule has 1 amide bonds. The molecule has 4 atom stereocenters. The first-order chi connectivity index (χ1) is 14.4. The van der Waals surface area contributed by atoms with Crippen LogP contribution in [0.4, 0.5) is 0 Å². The number of H-pyrrole nitrogens is 1. The fourth-order valence-corrected chi connectivity index (χ4v) is 5.40. The number of aromatic amines is 1. The van der Waals surface area contributed by atoms with Crippen LogP contribution in [0.2, 0.25) is 0 Å². The van der Waals surface area contributed by atoms with Gasteiger partial charge < -0.3 is 19.5 Å². The molecule has 0 unspecified atom stereocenters. The number of likely N-dealkylation sites (tertiary alicyclic amines) is 1. The summed E-state index contributed by atoms with van der Waals surface area (Å²) >= 11 is 0. The maximum atomic E-state index is 13.0. The summed E-state index contributed by atoms with van der Waals surface area (Å²) in [6.07, 6.45) is 7.54. The van der Waals surface area contributed by atoms with Crippen LogP contribution in [-0.2, 0) is 16.0 Å². The molecule has 2 fully saturated rings. The number of aromatic nitrogens is 2. The molecular weight excluding hydrogens is 382 g/mol. The summed E-state index contributed by atoms with van der Waals surface area (Å²) in [5, 5.41) is 17.1. The monoisotopic (exact) mass is 411 g/mol. The highest BCUT2D eigenvalue weighted by atomic mass is 16.5. The second-order valence-electron chi connectivity index (χ2n) is 9.24. The van der Waals surface area contributed by atoms with Gasteiger partial charge in [0.05, 0.1) is 24.4 Å². The lowest BCUT2D eigenvalue weighted by Crippen LogP contribution is -2.54. The number of aromatic hydroxyl groups is 1. The Kier molecular flexibility index (Phi) is 4.73. The Labute approximate surface area is 176 Å². The first kappa shape index (κ1) is 19.4. The number of aryl methyl sites for hydroxylation is 1.